The zero-order valence-corrected chi connectivity index (χ0v) is 38.0. The molecule has 1 fully saturated rings. The molecule has 13 nitrogen and oxygen atoms in total. The molecule has 0 aromatic heterocycles. The van der Waals surface area contributed by atoms with Crippen LogP contribution in [0.5, 0.6) is 0 Å². The molecule has 7 N–H and O–H groups in total. The van der Waals surface area contributed by atoms with E-state index in [0.29, 0.717) is 12.8 Å². The molecule has 6 unspecified atom stereocenters. The van der Waals surface area contributed by atoms with Crippen molar-refractivity contribution in [3.63, 3.8) is 0 Å². The second-order valence-electron chi connectivity index (χ2n) is 16.0. The predicted octanol–water partition coefficient (Wildman–Crippen LogP) is 8.74. The average Bonchev–Trinajstić information content (AvgIpc) is 3.24. The van der Waals surface area contributed by atoms with Crippen LogP contribution in [0.2, 0.25) is 0 Å². The van der Waals surface area contributed by atoms with Crippen molar-refractivity contribution in [1.29, 1.82) is 0 Å². The molecule has 1 aliphatic carbocycles. The van der Waals surface area contributed by atoms with Gasteiger partial charge in [-0.3, -0.25) is 13.8 Å². The summed E-state index contributed by atoms with van der Waals surface area (Å²) >= 11 is 0. The Morgan fingerprint density at radius 3 is 1.49 bits per heavy atom. The summed E-state index contributed by atoms with van der Waals surface area (Å²) in [6.07, 6.45) is 33.8. The third-order valence-electron chi connectivity index (χ3n) is 10.5. The van der Waals surface area contributed by atoms with Crippen LogP contribution in [0.25, 0.3) is 0 Å². The topological polar surface area (TPSA) is 213 Å². The third-order valence-corrected chi connectivity index (χ3v) is 11.5. The van der Waals surface area contributed by atoms with Gasteiger partial charge in [-0.1, -0.05) is 145 Å². The van der Waals surface area contributed by atoms with Crippen LogP contribution in [0.3, 0.4) is 0 Å². The monoisotopic (exact) mass is 887 g/mol. The Bertz CT molecular complexity index is 1240. The molecule has 0 saturated heterocycles. The van der Waals surface area contributed by atoms with E-state index >= 15 is 0 Å². The number of rotatable bonds is 39. The summed E-state index contributed by atoms with van der Waals surface area (Å²) in [6.45, 7) is 1.68. The molecule has 0 radical (unpaired) electrons. The van der Waals surface area contributed by atoms with Gasteiger partial charge in [0.2, 0.25) is 0 Å². The minimum absolute atomic E-state index is 0.0827. The quantitative estimate of drug-likeness (QED) is 0.0101. The lowest BCUT2D eigenvalue weighted by Gasteiger charge is -2.41. The maximum atomic E-state index is 12.8. The first-order valence-corrected chi connectivity index (χ1v) is 24.8. The molecule has 0 amide bonds. The lowest BCUT2D eigenvalue weighted by molar-refractivity contribution is -0.220. The molecule has 0 spiro atoms. The highest BCUT2D eigenvalue weighted by Gasteiger charge is 2.51. The molecule has 0 aromatic rings. The minimum atomic E-state index is -5.06. The number of unbranched alkanes of at least 4 members (excludes halogenated alkanes) is 18. The van der Waals surface area contributed by atoms with Crippen molar-refractivity contribution in [1.82, 2.24) is 0 Å². The summed E-state index contributed by atoms with van der Waals surface area (Å²) in [5.74, 6) is -0.563. The number of hydrogen-bond acceptors (Lipinski definition) is 12. The van der Waals surface area contributed by atoms with Crippen LogP contribution in [0.4, 0.5) is 0 Å². The van der Waals surface area contributed by atoms with Crippen molar-refractivity contribution >= 4 is 13.8 Å². The van der Waals surface area contributed by atoms with E-state index in [1.807, 2.05) is 18.2 Å². The normalized spacial score (nSPS) is 22.6. The predicted molar refractivity (Wildman–Crippen MR) is 240 cm³/mol. The summed E-state index contributed by atoms with van der Waals surface area (Å²) in [7, 11) is -5.06. The molecular weight excluding hydrogens is 803 g/mol. The summed E-state index contributed by atoms with van der Waals surface area (Å²) in [4.78, 5) is 23.1. The van der Waals surface area contributed by atoms with Gasteiger partial charge in [0.15, 0.2) is 6.10 Å². The van der Waals surface area contributed by atoms with Crippen molar-refractivity contribution in [3.8, 4) is 0 Å². The van der Waals surface area contributed by atoms with Gasteiger partial charge in [-0.25, -0.2) is 4.57 Å². The van der Waals surface area contributed by atoms with Crippen LogP contribution in [0.1, 0.15) is 167 Å². The van der Waals surface area contributed by atoms with Gasteiger partial charge in [0, 0.05) is 13.0 Å². The molecule has 1 rings (SSSR count). The molecule has 61 heavy (non-hydrogen) atoms. The molecule has 0 bridgehead atoms. The largest absolute Gasteiger partial charge is 0.498 e. The van der Waals surface area contributed by atoms with Crippen molar-refractivity contribution < 1.29 is 63.4 Å². The Hall–Kier alpha value is -2.16. The second-order valence-corrected chi connectivity index (χ2v) is 17.5. The number of ether oxygens (including phenoxy) is 2. The number of aliphatic hydroxyl groups is 6. The molecule has 6 atom stereocenters. The molecule has 0 aromatic carbocycles. The second kappa shape index (κ2) is 38.3. The Morgan fingerprint density at radius 2 is 0.984 bits per heavy atom. The number of carbonyl (C=O) groups is 1. The van der Waals surface area contributed by atoms with Crippen LogP contribution in [0, 0.1) is 0 Å². The van der Waals surface area contributed by atoms with Gasteiger partial charge in [-0.15, -0.1) is 0 Å². The fourth-order valence-corrected chi connectivity index (χ4v) is 7.74. The Balaban J connectivity index is 2.47. The zero-order chi connectivity index (χ0) is 44.8. The Morgan fingerprint density at radius 1 is 0.557 bits per heavy atom. The van der Waals surface area contributed by atoms with Crippen molar-refractivity contribution in [2.75, 3.05) is 19.8 Å². The number of esters is 1. The van der Waals surface area contributed by atoms with E-state index in [1.54, 1.807) is 0 Å². The van der Waals surface area contributed by atoms with Crippen LogP contribution in [-0.2, 0) is 27.9 Å². The lowest BCUT2D eigenvalue weighted by atomic mass is 9.85. The fraction of sp³-hybridized carbons (Fsp3) is 0.766. The van der Waals surface area contributed by atoms with Gasteiger partial charge >= 0.3 is 13.8 Å². The molecule has 1 aliphatic rings. The van der Waals surface area contributed by atoms with Gasteiger partial charge in [-0.05, 0) is 70.3 Å². The number of hydrogen-bond donors (Lipinski definition) is 7. The summed E-state index contributed by atoms with van der Waals surface area (Å²) in [5, 5.41) is 58.9. The first kappa shape index (κ1) is 56.9. The van der Waals surface area contributed by atoms with Crippen LogP contribution in [0.15, 0.2) is 60.9 Å². The Kier molecular flexibility index (Phi) is 35.7. The standard InChI is InChI=1S/C47H83O13P/c1-2-3-4-5-6-7-8-9-10-16-19-22-25-28-31-34-37-57-38-40(39-58-61(55,56)60-47-45(53)43(51)42(50)44(52)46(47)54)59-41(49)35-32-29-26-23-20-17-14-12-11-13-15-18-21-24-27-30-33-36-48/h11,13-14,17-18,21,23,26,34,37,40,42-48,50-54H,2-10,12,15-16,19-20,22,24-25,27-33,35-36,38-39H2,1H3,(H,55,56)/b13-11-,17-14-,21-18-,26-23-,37-34-. The van der Waals surface area contributed by atoms with E-state index < -0.39 is 63.1 Å². The van der Waals surface area contributed by atoms with Crippen molar-refractivity contribution in [2.24, 2.45) is 0 Å². The smallest absolute Gasteiger partial charge is 0.472 e. The van der Waals surface area contributed by atoms with Crippen LogP contribution < -0.4 is 0 Å². The van der Waals surface area contributed by atoms with Crippen LogP contribution in [-0.4, -0.2) is 104 Å². The highest BCUT2D eigenvalue weighted by molar-refractivity contribution is 7.47. The summed E-state index contributed by atoms with van der Waals surface area (Å²) in [5.41, 5.74) is 0. The first-order valence-electron chi connectivity index (χ1n) is 23.3. The minimum Gasteiger partial charge on any atom is -0.498 e. The van der Waals surface area contributed by atoms with Gasteiger partial charge in [0.1, 0.15) is 43.2 Å². The van der Waals surface area contributed by atoms with E-state index in [0.717, 1.165) is 64.2 Å². The first-order chi connectivity index (χ1) is 29.5. The van der Waals surface area contributed by atoms with E-state index in [9.17, 15) is 39.8 Å². The third kappa shape index (κ3) is 30.5. The molecule has 0 aliphatic heterocycles. The molecule has 354 valence electrons. The molecule has 14 heteroatoms. The van der Waals surface area contributed by atoms with Gasteiger partial charge in [-0.2, -0.15) is 0 Å². The number of phosphoric ester groups is 1. The molecule has 0 heterocycles. The molecule has 1 saturated carbocycles. The van der Waals surface area contributed by atoms with Crippen LogP contribution >= 0.6 is 7.82 Å². The van der Waals surface area contributed by atoms with Crippen molar-refractivity contribution in [3.05, 3.63) is 60.9 Å². The van der Waals surface area contributed by atoms with E-state index in [-0.39, 0.29) is 19.6 Å². The number of aliphatic hydroxyl groups excluding tert-OH is 6. The van der Waals surface area contributed by atoms with E-state index in [4.69, 9.17) is 23.6 Å². The SMILES string of the molecule is CCCCCCCCCCCCCCCC/C=C\OCC(COP(=O)(O)OC1C(O)C(O)C(O)C(O)C1O)OC(=O)CCC/C=C\C/C=C\C/C=C\C/C=C\CCCCCO. The maximum Gasteiger partial charge on any atom is 0.472 e. The van der Waals surface area contributed by atoms with Gasteiger partial charge < -0.3 is 45.0 Å². The van der Waals surface area contributed by atoms with E-state index in [2.05, 4.69) is 43.4 Å². The summed E-state index contributed by atoms with van der Waals surface area (Å²) in [6, 6.07) is 0. The maximum absolute atomic E-state index is 12.8. The number of phosphoric acid groups is 1. The Labute approximate surface area is 367 Å². The van der Waals surface area contributed by atoms with Gasteiger partial charge in [0.25, 0.3) is 0 Å². The van der Waals surface area contributed by atoms with Crippen molar-refractivity contribution in [2.45, 2.75) is 210 Å². The highest BCUT2D eigenvalue weighted by Crippen LogP contribution is 2.47. The number of allylic oxidation sites excluding steroid dienone is 9. The average molecular weight is 887 g/mol. The van der Waals surface area contributed by atoms with Gasteiger partial charge in [0.05, 0.1) is 12.9 Å². The zero-order valence-electron chi connectivity index (χ0n) is 37.1. The lowest BCUT2D eigenvalue weighted by Crippen LogP contribution is -2.64. The highest BCUT2D eigenvalue weighted by atomic mass is 31.2. The number of carbonyl (C=O) groups excluding carboxylic acids is 1. The van der Waals surface area contributed by atoms with E-state index in [1.165, 1.54) is 83.3 Å². The summed E-state index contributed by atoms with van der Waals surface area (Å²) < 4.78 is 33.9. The fourth-order valence-electron chi connectivity index (χ4n) is 6.76. The molecular formula is C47H83O13P.